The highest BCUT2D eigenvalue weighted by Crippen LogP contribution is 2.31. The number of thioether (sulfide) groups is 1. The maximum atomic E-state index is 11.9. The molecule has 0 radical (unpaired) electrons. The Kier molecular flexibility index (Phi) is 4.07. The Balaban J connectivity index is 2.11. The second kappa shape index (κ2) is 5.55. The summed E-state index contributed by atoms with van der Waals surface area (Å²) in [5.41, 5.74) is 0. The maximum Gasteiger partial charge on any atom is 0.227 e. The van der Waals surface area contributed by atoms with Crippen LogP contribution in [-0.2, 0) is 4.79 Å². The quantitative estimate of drug-likeness (QED) is 0.822. The second-order valence-electron chi connectivity index (χ2n) is 3.64. The average molecular weight is 253 g/mol. The van der Waals surface area contributed by atoms with Gasteiger partial charge in [0, 0.05) is 23.6 Å². The number of nitrogens with zero attached hydrogens (tertiary/aromatic N) is 1. The van der Waals surface area contributed by atoms with Gasteiger partial charge in [0.05, 0.1) is 5.03 Å². The lowest BCUT2D eigenvalue weighted by molar-refractivity contribution is -0.128. The molecule has 2 heterocycles. The first-order valence-corrected chi connectivity index (χ1v) is 7.36. The Morgan fingerprint density at radius 1 is 1.62 bits per heavy atom. The standard InChI is InChI=1S/C12H15NOS2/c1-2-4-11(14)13-6-8-16-12(13)9-10-5-3-7-15-10/h3,5,7,9H,2,4,6,8H2,1H3/b12-9+. The molecule has 1 amide bonds. The van der Waals surface area contributed by atoms with E-state index in [1.54, 1.807) is 23.1 Å². The summed E-state index contributed by atoms with van der Waals surface area (Å²) in [7, 11) is 0. The summed E-state index contributed by atoms with van der Waals surface area (Å²) in [6.07, 6.45) is 3.70. The van der Waals surface area contributed by atoms with Crippen LogP contribution in [0.15, 0.2) is 22.5 Å². The Hall–Kier alpha value is -0.740. The fourth-order valence-electron chi connectivity index (χ4n) is 1.64. The average Bonchev–Trinajstić information content (AvgIpc) is 2.90. The first-order valence-electron chi connectivity index (χ1n) is 5.49. The zero-order valence-corrected chi connectivity index (χ0v) is 10.9. The first kappa shape index (κ1) is 11.7. The molecule has 2 rings (SSSR count). The van der Waals surface area contributed by atoms with E-state index in [4.69, 9.17) is 0 Å². The topological polar surface area (TPSA) is 20.3 Å². The van der Waals surface area contributed by atoms with Crippen LogP contribution in [0.2, 0.25) is 0 Å². The molecule has 0 atom stereocenters. The summed E-state index contributed by atoms with van der Waals surface area (Å²) < 4.78 is 0. The van der Waals surface area contributed by atoms with E-state index in [1.165, 1.54) is 4.88 Å². The van der Waals surface area contributed by atoms with Crippen LogP contribution >= 0.6 is 23.1 Å². The van der Waals surface area contributed by atoms with Gasteiger partial charge in [0.15, 0.2) is 0 Å². The summed E-state index contributed by atoms with van der Waals surface area (Å²) in [5, 5.41) is 3.17. The molecule has 0 unspecified atom stereocenters. The molecule has 1 aliphatic heterocycles. The Bertz CT molecular complexity index is 384. The van der Waals surface area contributed by atoms with Gasteiger partial charge in [-0.05, 0) is 23.9 Å². The van der Waals surface area contributed by atoms with E-state index in [-0.39, 0.29) is 5.91 Å². The van der Waals surface area contributed by atoms with Crippen molar-refractivity contribution in [1.82, 2.24) is 4.90 Å². The minimum Gasteiger partial charge on any atom is -0.306 e. The van der Waals surface area contributed by atoms with Gasteiger partial charge in [0.2, 0.25) is 5.91 Å². The highest BCUT2D eigenvalue weighted by molar-refractivity contribution is 8.03. The van der Waals surface area contributed by atoms with Gasteiger partial charge in [-0.2, -0.15) is 0 Å². The smallest absolute Gasteiger partial charge is 0.227 e. The van der Waals surface area contributed by atoms with E-state index in [0.29, 0.717) is 6.42 Å². The highest BCUT2D eigenvalue weighted by atomic mass is 32.2. The van der Waals surface area contributed by atoms with E-state index < -0.39 is 0 Å². The minimum atomic E-state index is 0.260. The van der Waals surface area contributed by atoms with Crippen molar-refractivity contribution in [1.29, 1.82) is 0 Å². The molecule has 1 aliphatic rings. The second-order valence-corrected chi connectivity index (χ2v) is 5.74. The van der Waals surface area contributed by atoms with Crippen molar-refractivity contribution in [3.05, 3.63) is 27.4 Å². The maximum absolute atomic E-state index is 11.9. The number of thiophene rings is 1. The van der Waals surface area contributed by atoms with E-state index >= 15 is 0 Å². The van der Waals surface area contributed by atoms with Crippen LogP contribution < -0.4 is 0 Å². The van der Waals surface area contributed by atoms with Crippen molar-refractivity contribution in [2.24, 2.45) is 0 Å². The van der Waals surface area contributed by atoms with Gasteiger partial charge in [-0.3, -0.25) is 4.79 Å². The number of hydrogen-bond donors (Lipinski definition) is 0. The number of carbonyl (C=O) groups excluding carboxylic acids is 1. The summed E-state index contributed by atoms with van der Waals surface area (Å²) in [6, 6.07) is 4.12. The molecule has 0 aromatic carbocycles. The number of carbonyl (C=O) groups is 1. The molecule has 1 fully saturated rings. The zero-order chi connectivity index (χ0) is 11.4. The fraction of sp³-hybridized carbons (Fsp3) is 0.417. The lowest BCUT2D eigenvalue weighted by atomic mass is 10.3. The molecule has 0 N–H and O–H groups in total. The normalized spacial score (nSPS) is 18.3. The van der Waals surface area contributed by atoms with Gasteiger partial charge >= 0.3 is 0 Å². The lowest BCUT2D eigenvalue weighted by Crippen LogP contribution is -2.26. The number of rotatable bonds is 3. The molecule has 86 valence electrons. The minimum absolute atomic E-state index is 0.260. The Morgan fingerprint density at radius 3 is 3.19 bits per heavy atom. The SMILES string of the molecule is CCCC(=O)N1CCS/C1=C/c1cccs1. The largest absolute Gasteiger partial charge is 0.306 e. The number of hydrogen-bond acceptors (Lipinski definition) is 3. The molecule has 1 aromatic heterocycles. The molecular weight excluding hydrogens is 238 g/mol. The predicted molar refractivity (Wildman–Crippen MR) is 71.4 cm³/mol. The van der Waals surface area contributed by atoms with Crippen molar-refractivity contribution in [3.63, 3.8) is 0 Å². The summed E-state index contributed by atoms with van der Waals surface area (Å²) in [5.74, 6) is 1.28. The molecule has 0 aliphatic carbocycles. The van der Waals surface area contributed by atoms with Crippen LogP contribution in [-0.4, -0.2) is 23.1 Å². The lowest BCUT2D eigenvalue weighted by Gasteiger charge is -2.16. The van der Waals surface area contributed by atoms with Crippen molar-refractivity contribution in [2.75, 3.05) is 12.3 Å². The van der Waals surface area contributed by atoms with Gasteiger partial charge in [-0.15, -0.1) is 23.1 Å². The zero-order valence-electron chi connectivity index (χ0n) is 9.31. The van der Waals surface area contributed by atoms with Gasteiger partial charge in [0.25, 0.3) is 0 Å². The molecule has 0 saturated carbocycles. The summed E-state index contributed by atoms with van der Waals surface area (Å²) >= 11 is 3.48. The molecule has 1 aromatic rings. The fourth-order valence-corrected chi connectivity index (χ4v) is 3.41. The summed E-state index contributed by atoms with van der Waals surface area (Å²) in [4.78, 5) is 15.0. The molecule has 2 nitrogen and oxygen atoms in total. The Morgan fingerprint density at radius 2 is 2.50 bits per heavy atom. The van der Waals surface area contributed by atoms with Crippen LogP contribution in [0.4, 0.5) is 0 Å². The van der Waals surface area contributed by atoms with Gasteiger partial charge in [-0.25, -0.2) is 0 Å². The van der Waals surface area contributed by atoms with Gasteiger partial charge < -0.3 is 4.90 Å². The summed E-state index contributed by atoms with van der Waals surface area (Å²) in [6.45, 7) is 2.91. The van der Waals surface area contributed by atoms with Gasteiger partial charge in [0.1, 0.15) is 0 Å². The molecular formula is C12H15NOS2. The Labute approximate surface area is 104 Å². The van der Waals surface area contributed by atoms with Crippen LogP contribution in [0.3, 0.4) is 0 Å². The van der Waals surface area contributed by atoms with Crippen molar-refractivity contribution in [3.8, 4) is 0 Å². The van der Waals surface area contributed by atoms with Crippen LogP contribution in [0, 0.1) is 0 Å². The predicted octanol–water partition coefficient (Wildman–Crippen LogP) is 3.42. The van der Waals surface area contributed by atoms with Crippen LogP contribution in [0.5, 0.6) is 0 Å². The van der Waals surface area contributed by atoms with E-state index in [9.17, 15) is 4.79 Å². The molecule has 0 bridgehead atoms. The van der Waals surface area contributed by atoms with Gasteiger partial charge in [-0.1, -0.05) is 13.0 Å². The third-order valence-corrected chi connectivity index (χ3v) is 4.24. The van der Waals surface area contributed by atoms with E-state index in [1.807, 2.05) is 17.9 Å². The van der Waals surface area contributed by atoms with Crippen molar-refractivity contribution in [2.45, 2.75) is 19.8 Å². The highest BCUT2D eigenvalue weighted by Gasteiger charge is 2.23. The van der Waals surface area contributed by atoms with Crippen molar-refractivity contribution < 1.29 is 4.79 Å². The monoisotopic (exact) mass is 253 g/mol. The molecule has 4 heteroatoms. The molecule has 16 heavy (non-hydrogen) atoms. The third-order valence-electron chi connectivity index (χ3n) is 2.40. The van der Waals surface area contributed by atoms with Crippen LogP contribution in [0.25, 0.3) is 6.08 Å². The van der Waals surface area contributed by atoms with Crippen molar-refractivity contribution >= 4 is 35.1 Å². The first-order chi connectivity index (χ1) is 7.81. The van der Waals surface area contributed by atoms with E-state index in [0.717, 1.165) is 23.7 Å². The molecule has 0 spiro atoms. The van der Waals surface area contributed by atoms with E-state index in [2.05, 4.69) is 17.5 Å². The molecule has 1 saturated heterocycles. The third kappa shape index (κ3) is 2.68. The van der Waals surface area contributed by atoms with Crippen LogP contribution in [0.1, 0.15) is 24.6 Å². The number of amides is 1.